The van der Waals surface area contributed by atoms with E-state index >= 15 is 0 Å². The van der Waals surface area contributed by atoms with Crippen molar-refractivity contribution in [2.75, 3.05) is 0 Å². The van der Waals surface area contributed by atoms with E-state index in [-0.39, 0.29) is 0 Å². The zero-order valence-electron chi connectivity index (χ0n) is 11.2. The Morgan fingerprint density at radius 1 is 1.09 bits per heavy atom. The number of halogens is 2. The minimum absolute atomic E-state index is 0.695. The molecule has 112 valence electrons. The molecule has 0 unspecified atom stereocenters. The zero-order chi connectivity index (χ0) is 15.5. The second-order valence-corrected chi connectivity index (χ2v) is 8.16. The van der Waals surface area contributed by atoms with E-state index in [4.69, 9.17) is 35.4 Å². The van der Waals surface area contributed by atoms with Crippen LogP contribution in [0.1, 0.15) is 5.56 Å². The average molecular weight is 385 g/mol. The van der Waals surface area contributed by atoms with Gasteiger partial charge in [-0.2, -0.15) is 0 Å². The summed E-state index contributed by atoms with van der Waals surface area (Å²) in [6.45, 7) is 0. The number of benzene rings is 2. The van der Waals surface area contributed by atoms with Gasteiger partial charge in [-0.25, -0.2) is 4.68 Å². The quantitative estimate of drug-likeness (QED) is 0.390. The van der Waals surface area contributed by atoms with Crippen LogP contribution in [0.15, 0.2) is 52.9 Å². The second-order valence-electron chi connectivity index (χ2n) is 4.44. The van der Waals surface area contributed by atoms with Gasteiger partial charge in [0.05, 0.1) is 5.69 Å². The van der Waals surface area contributed by atoms with Gasteiger partial charge in [0.2, 0.25) is 0 Å². The maximum absolute atomic E-state index is 5.99. The van der Waals surface area contributed by atoms with E-state index in [2.05, 4.69) is 5.10 Å². The first kappa shape index (κ1) is 16.0. The van der Waals surface area contributed by atoms with E-state index in [0.717, 1.165) is 30.3 Å². The fraction of sp³-hybridized carbons (Fsp3) is 0.0667. The van der Waals surface area contributed by atoms with Crippen LogP contribution >= 0.6 is 58.5 Å². The summed E-state index contributed by atoms with van der Waals surface area (Å²) in [4.78, 5) is 0. The molecule has 7 heteroatoms. The molecule has 3 aromatic rings. The fourth-order valence-electron chi connectivity index (χ4n) is 1.84. The van der Waals surface area contributed by atoms with E-state index in [9.17, 15) is 0 Å². The van der Waals surface area contributed by atoms with Gasteiger partial charge in [0.1, 0.15) is 0 Å². The van der Waals surface area contributed by atoms with Crippen molar-refractivity contribution in [1.82, 2.24) is 9.78 Å². The molecule has 3 rings (SSSR count). The molecule has 0 atom stereocenters. The molecule has 1 aromatic heterocycles. The second kappa shape index (κ2) is 7.15. The molecule has 0 aliphatic carbocycles. The molecule has 0 fully saturated rings. The maximum Gasteiger partial charge on any atom is 0.184 e. The molecule has 0 spiro atoms. The maximum atomic E-state index is 5.99. The van der Waals surface area contributed by atoms with Crippen molar-refractivity contribution in [3.8, 4) is 5.69 Å². The Kier molecular flexibility index (Phi) is 5.21. The molecule has 0 N–H and O–H groups in total. The molecule has 1 heterocycles. The minimum Gasteiger partial charge on any atom is -0.211 e. The van der Waals surface area contributed by atoms with Crippen molar-refractivity contribution < 1.29 is 0 Å². The van der Waals surface area contributed by atoms with Crippen LogP contribution in [0.2, 0.25) is 10.0 Å². The van der Waals surface area contributed by atoms with E-state index in [1.54, 1.807) is 16.4 Å². The van der Waals surface area contributed by atoms with Crippen LogP contribution < -0.4 is 0 Å². The van der Waals surface area contributed by atoms with E-state index < -0.39 is 0 Å². The Labute approximate surface area is 151 Å². The molecule has 0 bridgehead atoms. The molecule has 0 radical (unpaired) electrons. The van der Waals surface area contributed by atoms with Crippen molar-refractivity contribution >= 4 is 58.5 Å². The fourth-order valence-corrected chi connectivity index (χ4v) is 4.48. The van der Waals surface area contributed by atoms with E-state index in [1.807, 2.05) is 48.5 Å². The Morgan fingerprint density at radius 3 is 2.59 bits per heavy atom. The predicted octanol–water partition coefficient (Wildman–Crippen LogP) is 6.26. The van der Waals surface area contributed by atoms with Gasteiger partial charge in [-0.05, 0) is 54.2 Å². The summed E-state index contributed by atoms with van der Waals surface area (Å²) in [5.74, 6) is 0.809. The summed E-state index contributed by atoms with van der Waals surface area (Å²) in [5, 5.41) is 6.01. The van der Waals surface area contributed by atoms with Gasteiger partial charge in [-0.1, -0.05) is 58.4 Å². The molecule has 0 amide bonds. The summed E-state index contributed by atoms with van der Waals surface area (Å²) in [5.41, 5.74) is 2.08. The number of aromatic nitrogens is 2. The van der Waals surface area contributed by atoms with Gasteiger partial charge in [-0.3, -0.25) is 0 Å². The van der Waals surface area contributed by atoms with Gasteiger partial charge < -0.3 is 0 Å². The van der Waals surface area contributed by atoms with Crippen LogP contribution in [0.5, 0.6) is 0 Å². The Balaban J connectivity index is 1.77. The Hall–Kier alpha value is -0.850. The first-order valence-electron chi connectivity index (χ1n) is 6.35. The smallest absolute Gasteiger partial charge is 0.184 e. The summed E-state index contributed by atoms with van der Waals surface area (Å²) in [7, 11) is 0. The number of hydrogen-bond acceptors (Lipinski definition) is 4. The average Bonchev–Trinajstić information content (AvgIpc) is 2.87. The molecule has 2 aromatic carbocycles. The minimum atomic E-state index is 0.695. The number of hydrogen-bond donors (Lipinski definition) is 0. The van der Waals surface area contributed by atoms with E-state index in [0.29, 0.717) is 5.02 Å². The summed E-state index contributed by atoms with van der Waals surface area (Å²) in [6, 6.07) is 15.3. The first-order valence-corrected chi connectivity index (χ1v) is 9.32. The number of rotatable bonds is 4. The van der Waals surface area contributed by atoms with Gasteiger partial charge in [0, 0.05) is 15.8 Å². The van der Waals surface area contributed by atoms with Crippen molar-refractivity contribution in [1.29, 1.82) is 0 Å². The van der Waals surface area contributed by atoms with Gasteiger partial charge >= 0.3 is 0 Å². The van der Waals surface area contributed by atoms with Gasteiger partial charge in [0.25, 0.3) is 0 Å². The highest BCUT2D eigenvalue weighted by atomic mass is 35.5. The van der Waals surface area contributed by atoms with Crippen molar-refractivity contribution in [2.45, 2.75) is 10.1 Å². The highest BCUT2D eigenvalue weighted by molar-refractivity contribution is 8.00. The Morgan fingerprint density at radius 2 is 1.86 bits per heavy atom. The highest BCUT2D eigenvalue weighted by Gasteiger charge is 2.07. The lowest BCUT2D eigenvalue weighted by Crippen LogP contribution is -1.95. The topological polar surface area (TPSA) is 17.8 Å². The molecular weight excluding hydrogens is 375 g/mol. The first-order chi connectivity index (χ1) is 10.6. The third-order valence-corrected chi connectivity index (χ3v) is 5.78. The largest absolute Gasteiger partial charge is 0.211 e. The third kappa shape index (κ3) is 3.91. The molecule has 2 nitrogen and oxygen atoms in total. The van der Waals surface area contributed by atoms with Gasteiger partial charge in [0.15, 0.2) is 8.29 Å². The highest BCUT2D eigenvalue weighted by Crippen LogP contribution is 2.28. The molecule has 0 saturated heterocycles. The monoisotopic (exact) mass is 384 g/mol. The lowest BCUT2D eigenvalue weighted by atomic mass is 10.2. The summed E-state index contributed by atoms with van der Waals surface area (Å²) < 4.78 is 3.41. The lowest BCUT2D eigenvalue weighted by Gasteiger charge is -2.01. The number of nitrogens with zero attached hydrogens (tertiary/aromatic N) is 2. The third-order valence-electron chi connectivity index (χ3n) is 2.85. The van der Waals surface area contributed by atoms with Crippen LogP contribution in [-0.2, 0) is 5.75 Å². The number of thioether (sulfide) groups is 1. The summed E-state index contributed by atoms with van der Waals surface area (Å²) in [6.07, 6.45) is 0. The van der Waals surface area contributed by atoms with Crippen LogP contribution in [0, 0.1) is 3.95 Å². The Bertz CT molecular complexity index is 840. The molecule has 22 heavy (non-hydrogen) atoms. The van der Waals surface area contributed by atoms with Crippen LogP contribution in [-0.4, -0.2) is 9.78 Å². The normalized spacial score (nSPS) is 10.8. The van der Waals surface area contributed by atoms with Crippen molar-refractivity contribution in [2.24, 2.45) is 0 Å². The molecule has 0 aliphatic heterocycles. The molecular formula is C15H10Cl2N2S3. The van der Waals surface area contributed by atoms with Crippen LogP contribution in [0.3, 0.4) is 0 Å². The van der Waals surface area contributed by atoms with Gasteiger partial charge in [-0.15, -0.1) is 5.10 Å². The molecule has 0 aliphatic rings. The standard InChI is InChI=1S/C15H10Cl2N2S3/c16-11-4-6-13(7-5-11)19-15(20)22-14(18-19)21-9-10-2-1-3-12(17)8-10/h1-8H,9H2. The van der Waals surface area contributed by atoms with Crippen LogP contribution in [0.4, 0.5) is 0 Å². The SMILES string of the molecule is S=c1sc(SCc2cccc(Cl)c2)nn1-c1ccc(Cl)cc1. The summed E-state index contributed by atoms with van der Waals surface area (Å²) >= 11 is 20.4. The predicted molar refractivity (Wildman–Crippen MR) is 98.3 cm³/mol. The molecule has 0 saturated carbocycles. The van der Waals surface area contributed by atoms with Crippen molar-refractivity contribution in [3.63, 3.8) is 0 Å². The lowest BCUT2D eigenvalue weighted by molar-refractivity contribution is 0.829. The zero-order valence-corrected chi connectivity index (χ0v) is 15.2. The van der Waals surface area contributed by atoms with Crippen molar-refractivity contribution in [3.05, 3.63) is 68.1 Å². The van der Waals surface area contributed by atoms with Crippen LogP contribution in [0.25, 0.3) is 5.69 Å². The van der Waals surface area contributed by atoms with E-state index in [1.165, 1.54) is 11.3 Å².